The SMILES string of the molecule is O=C1CSC(c2cn(Cc3ccccc3)nn2)N1Cc1ccco1. The average Bonchev–Trinajstić information content (AvgIpc) is 3.32. The number of rotatable bonds is 5. The van der Waals surface area contributed by atoms with Gasteiger partial charge < -0.3 is 9.32 Å². The van der Waals surface area contributed by atoms with Crippen molar-refractivity contribution in [2.24, 2.45) is 0 Å². The molecular formula is C17H16N4O2S. The van der Waals surface area contributed by atoms with E-state index in [9.17, 15) is 4.79 Å². The first-order valence-electron chi connectivity index (χ1n) is 7.67. The second kappa shape index (κ2) is 6.52. The smallest absolute Gasteiger partial charge is 0.234 e. The third-order valence-corrected chi connectivity index (χ3v) is 5.10. The molecule has 1 amide bonds. The number of benzene rings is 1. The zero-order valence-corrected chi connectivity index (χ0v) is 13.7. The molecule has 0 aliphatic carbocycles. The summed E-state index contributed by atoms with van der Waals surface area (Å²) >= 11 is 1.57. The summed E-state index contributed by atoms with van der Waals surface area (Å²) in [7, 11) is 0. The van der Waals surface area contributed by atoms with E-state index in [0.29, 0.717) is 18.8 Å². The van der Waals surface area contributed by atoms with Gasteiger partial charge in [0.05, 0.1) is 31.3 Å². The number of carbonyl (C=O) groups excluding carboxylic acids is 1. The largest absolute Gasteiger partial charge is 0.467 e. The van der Waals surface area contributed by atoms with Crippen molar-refractivity contribution in [2.75, 3.05) is 5.75 Å². The van der Waals surface area contributed by atoms with E-state index in [4.69, 9.17) is 4.42 Å². The lowest BCUT2D eigenvalue weighted by molar-refractivity contribution is -0.128. The molecule has 0 bridgehead atoms. The van der Waals surface area contributed by atoms with Crippen LogP contribution in [0.25, 0.3) is 0 Å². The van der Waals surface area contributed by atoms with Gasteiger partial charge in [-0.1, -0.05) is 35.5 Å². The Balaban J connectivity index is 1.51. The molecule has 1 aliphatic rings. The van der Waals surface area contributed by atoms with Crippen LogP contribution >= 0.6 is 11.8 Å². The van der Waals surface area contributed by atoms with Crippen molar-refractivity contribution in [2.45, 2.75) is 18.5 Å². The molecule has 6 nitrogen and oxygen atoms in total. The number of furan rings is 1. The maximum atomic E-state index is 12.2. The third-order valence-electron chi connectivity index (χ3n) is 3.87. The van der Waals surface area contributed by atoms with Crippen molar-refractivity contribution in [1.82, 2.24) is 19.9 Å². The summed E-state index contributed by atoms with van der Waals surface area (Å²) in [5.74, 6) is 1.32. The highest BCUT2D eigenvalue weighted by molar-refractivity contribution is 8.00. The predicted octanol–water partition coefficient (Wildman–Crippen LogP) is 2.69. The monoisotopic (exact) mass is 340 g/mol. The van der Waals surface area contributed by atoms with Gasteiger partial charge in [-0.3, -0.25) is 4.79 Å². The van der Waals surface area contributed by atoms with Gasteiger partial charge in [0.2, 0.25) is 5.91 Å². The topological polar surface area (TPSA) is 64.2 Å². The van der Waals surface area contributed by atoms with Crippen LogP contribution in [0.3, 0.4) is 0 Å². The van der Waals surface area contributed by atoms with Gasteiger partial charge in [-0.05, 0) is 17.7 Å². The molecule has 122 valence electrons. The van der Waals surface area contributed by atoms with Crippen LogP contribution in [0.15, 0.2) is 59.3 Å². The minimum Gasteiger partial charge on any atom is -0.467 e. The third kappa shape index (κ3) is 3.07. The fraction of sp³-hybridized carbons (Fsp3) is 0.235. The number of amides is 1. The number of hydrogen-bond donors (Lipinski definition) is 0. The number of nitrogens with zero attached hydrogens (tertiary/aromatic N) is 4. The summed E-state index contributed by atoms with van der Waals surface area (Å²) in [5, 5.41) is 8.36. The number of aromatic nitrogens is 3. The van der Waals surface area contributed by atoms with Gasteiger partial charge in [0.15, 0.2) is 0 Å². The van der Waals surface area contributed by atoms with Gasteiger partial charge in [-0.25, -0.2) is 4.68 Å². The molecule has 3 aromatic rings. The van der Waals surface area contributed by atoms with E-state index in [0.717, 1.165) is 17.0 Å². The zero-order valence-electron chi connectivity index (χ0n) is 12.9. The average molecular weight is 340 g/mol. The molecule has 0 saturated carbocycles. The lowest BCUT2D eigenvalue weighted by Gasteiger charge is -2.20. The molecule has 0 radical (unpaired) electrons. The highest BCUT2D eigenvalue weighted by Crippen LogP contribution is 2.38. The van der Waals surface area contributed by atoms with Crippen LogP contribution in [0, 0.1) is 0 Å². The Hall–Kier alpha value is -2.54. The summed E-state index contributed by atoms with van der Waals surface area (Å²) in [6, 6.07) is 13.8. The van der Waals surface area contributed by atoms with E-state index in [1.807, 2.05) is 36.5 Å². The Morgan fingerprint density at radius 3 is 2.83 bits per heavy atom. The minimum absolute atomic E-state index is 0.0963. The Bertz CT molecular complexity index is 816. The Kier molecular flexibility index (Phi) is 4.08. The van der Waals surface area contributed by atoms with Crippen LogP contribution in [0.1, 0.15) is 22.4 Å². The van der Waals surface area contributed by atoms with Crippen molar-refractivity contribution in [3.05, 3.63) is 71.9 Å². The first-order valence-corrected chi connectivity index (χ1v) is 8.72. The van der Waals surface area contributed by atoms with Gasteiger partial charge in [0, 0.05) is 0 Å². The van der Waals surface area contributed by atoms with Crippen LogP contribution in [-0.4, -0.2) is 31.6 Å². The van der Waals surface area contributed by atoms with Crippen LogP contribution in [0.4, 0.5) is 0 Å². The van der Waals surface area contributed by atoms with Crippen LogP contribution in [0.5, 0.6) is 0 Å². The summed E-state index contributed by atoms with van der Waals surface area (Å²) in [4.78, 5) is 14.0. The van der Waals surface area contributed by atoms with Gasteiger partial charge in [0.1, 0.15) is 16.8 Å². The first-order chi connectivity index (χ1) is 11.8. The van der Waals surface area contributed by atoms with Crippen LogP contribution in [0.2, 0.25) is 0 Å². The molecule has 1 saturated heterocycles. The maximum Gasteiger partial charge on any atom is 0.234 e. The molecule has 7 heteroatoms. The van der Waals surface area contributed by atoms with Gasteiger partial charge in [-0.2, -0.15) is 0 Å². The molecule has 1 unspecified atom stereocenters. The quantitative estimate of drug-likeness (QED) is 0.714. The van der Waals surface area contributed by atoms with Crippen molar-refractivity contribution < 1.29 is 9.21 Å². The lowest BCUT2D eigenvalue weighted by atomic mass is 10.2. The zero-order chi connectivity index (χ0) is 16.4. The molecule has 4 rings (SSSR count). The number of carbonyl (C=O) groups is 1. The Labute approximate surface area is 143 Å². The van der Waals surface area contributed by atoms with Crippen molar-refractivity contribution in [1.29, 1.82) is 0 Å². The highest BCUT2D eigenvalue weighted by Gasteiger charge is 2.35. The van der Waals surface area contributed by atoms with Gasteiger partial charge >= 0.3 is 0 Å². The number of hydrogen-bond acceptors (Lipinski definition) is 5. The minimum atomic E-state index is -0.118. The normalized spacial score (nSPS) is 17.6. The van der Waals surface area contributed by atoms with Gasteiger partial charge in [0.25, 0.3) is 0 Å². The molecule has 0 N–H and O–H groups in total. The van der Waals surface area contributed by atoms with Crippen molar-refractivity contribution in [3.8, 4) is 0 Å². The van der Waals surface area contributed by atoms with Gasteiger partial charge in [-0.15, -0.1) is 16.9 Å². The van der Waals surface area contributed by atoms with Crippen LogP contribution < -0.4 is 0 Å². The fourth-order valence-corrected chi connectivity index (χ4v) is 3.83. The molecule has 1 aliphatic heterocycles. The molecule has 0 spiro atoms. The fourth-order valence-electron chi connectivity index (χ4n) is 2.71. The standard InChI is InChI=1S/C17H16N4O2S/c22-16-12-24-17(21(16)10-14-7-4-8-23-14)15-11-20(19-18-15)9-13-5-2-1-3-6-13/h1-8,11,17H,9-10,12H2. The molecular weight excluding hydrogens is 324 g/mol. The van der Waals surface area contributed by atoms with E-state index in [1.165, 1.54) is 0 Å². The molecule has 1 fully saturated rings. The maximum absolute atomic E-state index is 12.2. The van der Waals surface area contributed by atoms with E-state index >= 15 is 0 Å². The van der Waals surface area contributed by atoms with Crippen molar-refractivity contribution in [3.63, 3.8) is 0 Å². The molecule has 3 heterocycles. The van der Waals surface area contributed by atoms with Crippen LogP contribution in [-0.2, 0) is 17.9 Å². The van der Waals surface area contributed by atoms with E-state index in [-0.39, 0.29) is 11.3 Å². The summed E-state index contributed by atoms with van der Waals surface area (Å²) in [5.41, 5.74) is 1.96. The predicted molar refractivity (Wildman–Crippen MR) is 90.0 cm³/mol. The Morgan fingerprint density at radius 1 is 1.17 bits per heavy atom. The molecule has 1 aromatic carbocycles. The second-order valence-corrected chi connectivity index (χ2v) is 6.66. The highest BCUT2D eigenvalue weighted by atomic mass is 32.2. The summed E-state index contributed by atoms with van der Waals surface area (Å²) < 4.78 is 7.17. The second-order valence-electron chi connectivity index (χ2n) is 5.59. The first kappa shape index (κ1) is 15.0. The molecule has 2 aromatic heterocycles. The Morgan fingerprint density at radius 2 is 2.04 bits per heavy atom. The van der Waals surface area contributed by atoms with Crippen molar-refractivity contribution >= 4 is 17.7 Å². The van der Waals surface area contributed by atoms with E-state index in [2.05, 4.69) is 22.4 Å². The summed E-state index contributed by atoms with van der Waals surface area (Å²) in [6.45, 7) is 1.12. The molecule has 1 atom stereocenters. The number of thioether (sulfide) groups is 1. The van der Waals surface area contributed by atoms with E-state index < -0.39 is 0 Å². The van der Waals surface area contributed by atoms with E-state index in [1.54, 1.807) is 27.6 Å². The summed E-state index contributed by atoms with van der Waals surface area (Å²) in [6.07, 6.45) is 3.53. The lowest BCUT2D eigenvalue weighted by Crippen LogP contribution is -2.27. The molecule has 24 heavy (non-hydrogen) atoms.